The Balaban J connectivity index is 2.06. The molecule has 0 aliphatic heterocycles. The molecular weight excluding hydrogens is 250 g/mol. The minimum Gasteiger partial charge on any atom is -0.395 e. The number of hydrogen-bond acceptors (Lipinski definition) is 3. The first kappa shape index (κ1) is 15.5. The van der Waals surface area contributed by atoms with Crippen LogP contribution in [-0.4, -0.2) is 40.9 Å². The fourth-order valence-electron chi connectivity index (χ4n) is 3.25. The van der Waals surface area contributed by atoms with Gasteiger partial charge in [0, 0.05) is 19.1 Å². The molecule has 0 radical (unpaired) electrons. The molecule has 3 heteroatoms. The highest BCUT2D eigenvalue weighted by Crippen LogP contribution is 2.27. The molecule has 20 heavy (non-hydrogen) atoms. The molecule has 0 aromatic heterocycles. The van der Waals surface area contributed by atoms with E-state index in [2.05, 4.69) is 4.90 Å². The largest absolute Gasteiger partial charge is 0.395 e. The van der Waals surface area contributed by atoms with Gasteiger partial charge >= 0.3 is 0 Å². The molecule has 1 fully saturated rings. The van der Waals surface area contributed by atoms with Crippen molar-refractivity contribution < 1.29 is 10.2 Å². The molecular formula is C17H27NO2. The van der Waals surface area contributed by atoms with E-state index in [1.54, 1.807) is 0 Å². The smallest absolute Gasteiger partial charge is 0.0994 e. The van der Waals surface area contributed by atoms with Crippen LogP contribution in [0.2, 0.25) is 0 Å². The second kappa shape index (κ2) is 7.21. The maximum absolute atomic E-state index is 10.8. The van der Waals surface area contributed by atoms with E-state index in [1.807, 2.05) is 37.3 Å². The summed E-state index contributed by atoms with van der Waals surface area (Å²) in [4.78, 5) is 2.27. The molecule has 1 unspecified atom stereocenters. The predicted octanol–water partition coefficient (Wildman–Crippen LogP) is 2.52. The standard InChI is InChI=1S/C17H27NO2/c1-17(20,15-8-4-2-5-9-15)14-18(12-13-19)16-10-6-3-7-11-16/h2,4-5,8-9,16,19-20H,3,6-7,10-14H2,1H3. The Kier molecular flexibility index (Phi) is 5.58. The quantitative estimate of drug-likeness (QED) is 0.840. The predicted molar refractivity (Wildman–Crippen MR) is 81.5 cm³/mol. The molecule has 1 saturated carbocycles. The van der Waals surface area contributed by atoms with Gasteiger partial charge in [-0.3, -0.25) is 4.90 Å². The molecule has 0 bridgehead atoms. The summed E-state index contributed by atoms with van der Waals surface area (Å²) in [6.45, 7) is 3.26. The lowest BCUT2D eigenvalue weighted by molar-refractivity contribution is -0.00901. The Morgan fingerprint density at radius 3 is 2.40 bits per heavy atom. The number of benzene rings is 1. The molecule has 1 aromatic rings. The van der Waals surface area contributed by atoms with Gasteiger partial charge in [-0.1, -0.05) is 49.6 Å². The number of aliphatic hydroxyl groups excluding tert-OH is 1. The molecule has 0 amide bonds. The fourth-order valence-corrected chi connectivity index (χ4v) is 3.25. The van der Waals surface area contributed by atoms with E-state index >= 15 is 0 Å². The van der Waals surface area contributed by atoms with Crippen molar-refractivity contribution in [3.63, 3.8) is 0 Å². The Morgan fingerprint density at radius 1 is 1.15 bits per heavy atom. The highest BCUT2D eigenvalue weighted by atomic mass is 16.3. The van der Waals surface area contributed by atoms with Crippen LogP contribution in [0.4, 0.5) is 0 Å². The van der Waals surface area contributed by atoms with E-state index < -0.39 is 5.60 Å². The number of hydrogen-bond donors (Lipinski definition) is 2. The number of rotatable bonds is 6. The van der Waals surface area contributed by atoms with E-state index in [0.29, 0.717) is 19.1 Å². The molecule has 1 aliphatic carbocycles. The maximum atomic E-state index is 10.8. The van der Waals surface area contributed by atoms with Gasteiger partial charge in [0.05, 0.1) is 12.2 Å². The molecule has 2 rings (SSSR count). The molecule has 112 valence electrons. The van der Waals surface area contributed by atoms with Crippen LogP contribution in [0.3, 0.4) is 0 Å². The van der Waals surface area contributed by atoms with Crippen LogP contribution in [0, 0.1) is 0 Å². The first-order chi connectivity index (χ1) is 9.63. The van der Waals surface area contributed by atoms with Crippen molar-refractivity contribution in [2.24, 2.45) is 0 Å². The van der Waals surface area contributed by atoms with Crippen LogP contribution in [0.15, 0.2) is 30.3 Å². The monoisotopic (exact) mass is 277 g/mol. The summed E-state index contributed by atoms with van der Waals surface area (Å²) in [5.74, 6) is 0. The summed E-state index contributed by atoms with van der Waals surface area (Å²) in [5.41, 5.74) is 0.0761. The Labute approximate surface area is 122 Å². The highest BCUT2D eigenvalue weighted by molar-refractivity contribution is 5.21. The van der Waals surface area contributed by atoms with Gasteiger partial charge in [0.15, 0.2) is 0 Å². The zero-order valence-electron chi connectivity index (χ0n) is 12.5. The summed E-state index contributed by atoms with van der Waals surface area (Å²) >= 11 is 0. The Hall–Kier alpha value is -0.900. The third kappa shape index (κ3) is 4.05. The molecule has 1 atom stereocenters. The molecule has 0 spiro atoms. The lowest BCUT2D eigenvalue weighted by atomic mass is 9.91. The van der Waals surface area contributed by atoms with E-state index in [1.165, 1.54) is 32.1 Å². The van der Waals surface area contributed by atoms with E-state index in [-0.39, 0.29) is 6.61 Å². The lowest BCUT2D eigenvalue weighted by Crippen LogP contribution is -2.46. The van der Waals surface area contributed by atoms with E-state index in [0.717, 1.165) is 5.56 Å². The topological polar surface area (TPSA) is 43.7 Å². The van der Waals surface area contributed by atoms with Crippen molar-refractivity contribution in [2.45, 2.75) is 50.7 Å². The van der Waals surface area contributed by atoms with Crippen LogP contribution in [0.5, 0.6) is 0 Å². The Morgan fingerprint density at radius 2 is 1.80 bits per heavy atom. The third-order valence-corrected chi connectivity index (χ3v) is 4.38. The van der Waals surface area contributed by atoms with Crippen LogP contribution < -0.4 is 0 Å². The van der Waals surface area contributed by atoms with Crippen molar-refractivity contribution in [1.82, 2.24) is 4.90 Å². The second-order valence-electron chi connectivity index (χ2n) is 6.13. The summed E-state index contributed by atoms with van der Waals surface area (Å²) in [7, 11) is 0. The molecule has 3 nitrogen and oxygen atoms in total. The zero-order chi connectivity index (χ0) is 14.4. The zero-order valence-corrected chi connectivity index (χ0v) is 12.5. The van der Waals surface area contributed by atoms with Crippen molar-refractivity contribution in [3.05, 3.63) is 35.9 Å². The van der Waals surface area contributed by atoms with Crippen molar-refractivity contribution in [1.29, 1.82) is 0 Å². The van der Waals surface area contributed by atoms with Crippen molar-refractivity contribution >= 4 is 0 Å². The van der Waals surface area contributed by atoms with Gasteiger partial charge in [-0.2, -0.15) is 0 Å². The molecule has 2 N–H and O–H groups in total. The van der Waals surface area contributed by atoms with Crippen LogP contribution in [0.25, 0.3) is 0 Å². The second-order valence-corrected chi connectivity index (χ2v) is 6.13. The average molecular weight is 277 g/mol. The van der Waals surface area contributed by atoms with Crippen LogP contribution in [0.1, 0.15) is 44.6 Å². The van der Waals surface area contributed by atoms with Crippen molar-refractivity contribution in [2.75, 3.05) is 19.7 Å². The minimum atomic E-state index is -0.867. The minimum absolute atomic E-state index is 0.154. The maximum Gasteiger partial charge on any atom is 0.0994 e. The average Bonchev–Trinajstić information content (AvgIpc) is 2.48. The van der Waals surface area contributed by atoms with Gasteiger partial charge in [-0.15, -0.1) is 0 Å². The van der Waals surface area contributed by atoms with Gasteiger partial charge in [0.1, 0.15) is 0 Å². The molecule has 0 heterocycles. The number of nitrogens with zero attached hydrogens (tertiary/aromatic N) is 1. The van der Waals surface area contributed by atoms with E-state index in [9.17, 15) is 10.2 Å². The summed E-state index contributed by atoms with van der Waals surface area (Å²) in [5, 5.41) is 20.1. The first-order valence-corrected chi connectivity index (χ1v) is 7.76. The van der Waals surface area contributed by atoms with E-state index in [4.69, 9.17) is 0 Å². The van der Waals surface area contributed by atoms with Gasteiger partial charge in [0.25, 0.3) is 0 Å². The first-order valence-electron chi connectivity index (χ1n) is 7.76. The van der Waals surface area contributed by atoms with Crippen LogP contribution in [-0.2, 0) is 5.60 Å². The van der Waals surface area contributed by atoms with Gasteiger partial charge in [0.2, 0.25) is 0 Å². The fraction of sp³-hybridized carbons (Fsp3) is 0.647. The summed E-state index contributed by atoms with van der Waals surface area (Å²) < 4.78 is 0. The summed E-state index contributed by atoms with van der Waals surface area (Å²) in [6, 6.07) is 10.3. The van der Waals surface area contributed by atoms with Gasteiger partial charge < -0.3 is 10.2 Å². The lowest BCUT2D eigenvalue weighted by Gasteiger charge is -2.38. The van der Waals surface area contributed by atoms with Crippen molar-refractivity contribution in [3.8, 4) is 0 Å². The molecule has 1 aliphatic rings. The van der Waals surface area contributed by atoms with Gasteiger partial charge in [-0.05, 0) is 25.3 Å². The normalized spacial score (nSPS) is 20.0. The highest BCUT2D eigenvalue weighted by Gasteiger charge is 2.30. The Bertz CT molecular complexity index is 385. The number of aliphatic hydroxyl groups is 2. The third-order valence-electron chi connectivity index (χ3n) is 4.38. The summed E-state index contributed by atoms with van der Waals surface area (Å²) in [6.07, 6.45) is 6.22. The van der Waals surface area contributed by atoms with Gasteiger partial charge in [-0.25, -0.2) is 0 Å². The van der Waals surface area contributed by atoms with Crippen LogP contribution >= 0.6 is 0 Å². The molecule has 0 saturated heterocycles. The molecule has 1 aromatic carbocycles. The SMILES string of the molecule is CC(O)(CN(CCO)C1CCCCC1)c1ccccc1.